The predicted octanol–water partition coefficient (Wildman–Crippen LogP) is 2.91. The van der Waals surface area contributed by atoms with Gasteiger partial charge in [0, 0.05) is 11.4 Å². The number of aliphatic hydroxyl groups is 1. The molecule has 2 aliphatic rings. The van der Waals surface area contributed by atoms with Crippen LogP contribution in [0.4, 0.5) is 0 Å². The molecule has 0 atom stereocenters. The lowest BCUT2D eigenvalue weighted by atomic mass is 9.82. The first kappa shape index (κ1) is 14.1. The molecule has 0 aliphatic heterocycles. The van der Waals surface area contributed by atoms with E-state index in [4.69, 9.17) is 0 Å². The highest BCUT2D eigenvalue weighted by atomic mass is 32.1. The zero-order valence-corrected chi connectivity index (χ0v) is 12.7. The number of nitrogens with one attached hydrogen (secondary N) is 1. The molecule has 1 saturated carbocycles. The van der Waals surface area contributed by atoms with E-state index in [1.54, 1.807) is 11.3 Å². The molecule has 20 heavy (non-hydrogen) atoms. The average molecular weight is 293 g/mol. The number of hydrogen-bond donors (Lipinski definition) is 2. The van der Waals surface area contributed by atoms with E-state index < -0.39 is 0 Å². The Morgan fingerprint density at radius 2 is 2.00 bits per heavy atom. The van der Waals surface area contributed by atoms with Crippen molar-refractivity contribution in [1.82, 2.24) is 5.32 Å². The van der Waals surface area contributed by atoms with Crippen LogP contribution in [0.25, 0.3) is 0 Å². The molecule has 3 rings (SSSR count). The molecule has 1 aromatic heterocycles. The Morgan fingerprint density at radius 1 is 1.25 bits per heavy atom. The normalized spacial score (nSPS) is 26.1. The Balaban J connectivity index is 1.58. The summed E-state index contributed by atoms with van der Waals surface area (Å²) in [6, 6.07) is 2.11. The minimum atomic E-state index is -0.140. The molecule has 1 amide bonds. The number of carbonyl (C=O) groups excluding carboxylic acids is 1. The van der Waals surface area contributed by atoms with E-state index in [0.717, 1.165) is 30.6 Å². The molecule has 0 bridgehead atoms. The van der Waals surface area contributed by atoms with Crippen LogP contribution in [0.15, 0.2) is 6.07 Å². The smallest absolute Gasteiger partial charge is 0.261 e. The molecule has 110 valence electrons. The first-order chi connectivity index (χ1) is 9.72. The number of amides is 1. The van der Waals surface area contributed by atoms with Crippen molar-refractivity contribution >= 4 is 17.2 Å². The number of carbonyl (C=O) groups is 1. The Bertz CT molecular complexity index is 451. The van der Waals surface area contributed by atoms with Gasteiger partial charge in [0.15, 0.2) is 0 Å². The molecule has 1 heterocycles. The molecule has 0 saturated heterocycles. The molecule has 2 aliphatic carbocycles. The van der Waals surface area contributed by atoms with Crippen molar-refractivity contribution in [2.75, 3.05) is 6.54 Å². The summed E-state index contributed by atoms with van der Waals surface area (Å²) in [5.74, 6) is 0.540. The number of aliphatic hydroxyl groups excluding tert-OH is 1. The monoisotopic (exact) mass is 293 g/mol. The SMILES string of the molecule is O=C(NCC1CC(O)C1)c1cc2c(s1)CCCCCC2. The van der Waals surface area contributed by atoms with E-state index in [9.17, 15) is 9.90 Å². The number of rotatable bonds is 3. The van der Waals surface area contributed by atoms with Gasteiger partial charge in [0.1, 0.15) is 0 Å². The van der Waals surface area contributed by atoms with E-state index in [2.05, 4.69) is 11.4 Å². The summed E-state index contributed by atoms with van der Waals surface area (Å²) < 4.78 is 0. The molecule has 0 spiro atoms. The fraction of sp³-hybridized carbons (Fsp3) is 0.688. The van der Waals surface area contributed by atoms with Crippen LogP contribution in [0.1, 0.15) is 58.6 Å². The molecule has 1 fully saturated rings. The maximum absolute atomic E-state index is 12.2. The highest BCUT2D eigenvalue weighted by Gasteiger charge is 2.27. The van der Waals surface area contributed by atoms with Gasteiger partial charge < -0.3 is 10.4 Å². The van der Waals surface area contributed by atoms with Gasteiger partial charge in [-0.25, -0.2) is 0 Å². The van der Waals surface area contributed by atoms with Crippen molar-refractivity contribution in [3.05, 3.63) is 21.4 Å². The first-order valence-corrected chi connectivity index (χ1v) is 8.62. The van der Waals surface area contributed by atoms with Crippen molar-refractivity contribution in [2.45, 2.75) is 57.5 Å². The molecular weight excluding hydrogens is 270 g/mol. The van der Waals surface area contributed by atoms with Crippen molar-refractivity contribution < 1.29 is 9.90 Å². The molecule has 3 nitrogen and oxygen atoms in total. The van der Waals surface area contributed by atoms with Gasteiger partial charge in [0.2, 0.25) is 0 Å². The summed E-state index contributed by atoms with van der Waals surface area (Å²) in [7, 11) is 0. The second-order valence-electron chi connectivity index (χ2n) is 6.17. The minimum absolute atomic E-state index is 0.0723. The first-order valence-electron chi connectivity index (χ1n) is 7.80. The summed E-state index contributed by atoms with van der Waals surface area (Å²) in [6.45, 7) is 0.707. The summed E-state index contributed by atoms with van der Waals surface area (Å²) in [5.41, 5.74) is 1.40. The molecule has 2 N–H and O–H groups in total. The van der Waals surface area contributed by atoms with Gasteiger partial charge in [0.25, 0.3) is 5.91 Å². The summed E-state index contributed by atoms with van der Waals surface area (Å²) in [4.78, 5) is 14.5. The predicted molar refractivity (Wildman–Crippen MR) is 81.3 cm³/mol. The fourth-order valence-corrected chi connectivity index (χ4v) is 4.32. The van der Waals surface area contributed by atoms with Crippen LogP contribution in [0.5, 0.6) is 0 Å². The number of fused-ring (bicyclic) bond motifs is 1. The summed E-state index contributed by atoms with van der Waals surface area (Å²) in [6.07, 6.45) is 8.96. The van der Waals surface area contributed by atoms with Crippen LogP contribution in [0.2, 0.25) is 0 Å². The molecule has 1 aromatic rings. The summed E-state index contributed by atoms with van der Waals surface area (Å²) in [5, 5.41) is 12.3. The fourth-order valence-electron chi connectivity index (χ4n) is 3.15. The van der Waals surface area contributed by atoms with Gasteiger partial charge in [-0.1, -0.05) is 12.8 Å². The molecule has 0 radical (unpaired) electrons. The summed E-state index contributed by atoms with van der Waals surface area (Å²) >= 11 is 1.68. The van der Waals surface area contributed by atoms with Crippen molar-refractivity contribution in [3.8, 4) is 0 Å². The Morgan fingerprint density at radius 3 is 2.75 bits per heavy atom. The Labute approximate surface area is 124 Å². The Hall–Kier alpha value is -0.870. The Kier molecular flexibility index (Phi) is 4.41. The van der Waals surface area contributed by atoms with E-state index in [0.29, 0.717) is 12.5 Å². The van der Waals surface area contributed by atoms with Crippen molar-refractivity contribution in [3.63, 3.8) is 0 Å². The van der Waals surface area contributed by atoms with Crippen molar-refractivity contribution in [1.29, 1.82) is 0 Å². The van der Waals surface area contributed by atoms with Gasteiger partial charge in [-0.05, 0) is 56.1 Å². The number of thiophene rings is 1. The maximum atomic E-state index is 12.2. The van der Waals surface area contributed by atoms with Gasteiger partial charge in [-0.2, -0.15) is 0 Å². The third-order valence-corrected chi connectivity index (χ3v) is 5.72. The van der Waals surface area contributed by atoms with Gasteiger partial charge in [-0.3, -0.25) is 4.79 Å². The van der Waals surface area contributed by atoms with Crippen LogP contribution in [-0.4, -0.2) is 23.7 Å². The highest BCUT2D eigenvalue weighted by Crippen LogP contribution is 2.29. The van der Waals surface area contributed by atoms with E-state index in [-0.39, 0.29) is 12.0 Å². The maximum Gasteiger partial charge on any atom is 0.261 e. The van der Waals surface area contributed by atoms with Crippen LogP contribution in [0, 0.1) is 5.92 Å². The van der Waals surface area contributed by atoms with Gasteiger partial charge >= 0.3 is 0 Å². The minimum Gasteiger partial charge on any atom is -0.393 e. The van der Waals surface area contributed by atoms with Crippen LogP contribution in [-0.2, 0) is 12.8 Å². The third kappa shape index (κ3) is 3.23. The lowest BCUT2D eigenvalue weighted by Crippen LogP contribution is -2.38. The second kappa shape index (κ2) is 6.27. The van der Waals surface area contributed by atoms with Crippen LogP contribution in [0.3, 0.4) is 0 Å². The number of hydrogen-bond acceptors (Lipinski definition) is 3. The third-order valence-electron chi connectivity index (χ3n) is 4.48. The molecule has 0 unspecified atom stereocenters. The van der Waals surface area contributed by atoms with Crippen LogP contribution >= 0.6 is 11.3 Å². The lowest BCUT2D eigenvalue weighted by Gasteiger charge is -2.31. The zero-order valence-electron chi connectivity index (χ0n) is 11.9. The van der Waals surface area contributed by atoms with Gasteiger partial charge in [0.05, 0.1) is 11.0 Å². The standard InChI is InChI=1S/C16H23NO2S/c18-13-7-11(8-13)10-17-16(19)15-9-12-5-3-1-2-4-6-14(12)20-15/h9,11,13,18H,1-8,10H2,(H,17,19). The zero-order chi connectivity index (χ0) is 13.9. The second-order valence-corrected chi connectivity index (χ2v) is 7.31. The van der Waals surface area contributed by atoms with E-state index in [1.165, 1.54) is 36.1 Å². The lowest BCUT2D eigenvalue weighted by molar-refractivity contribution is 0.0420. The molecule has 4 heteroatoms. The van der Waals surface area contributed by atoms with E-state index in [1.807, 2.05) is 0 Å². The topological polar surface area (TPSA) is 49.3 Å². The quantitative estimate of drug-likeness (QED) is 0.900. The molecular formula is C16H23NO2S. The van der Waals surface area contributed by atoms with Crippen LogP contribution < -0.4 is 5.32 Å². The average Bonchev–Trinajstić information content (AvgIpc) is 2.75. The number of aryl methyl sites for hydroxylation is 2. The molecule has 0 aromatic carbocycles. The van der Waals surface area contributed by atoms with Crippen molar-refractivity contribution in [2.24, 2.45) is 5.92 Å². The van der Waals surface area contributed by atoms with E-state index >= 15 is 0 Å². The van der Waals surface area contributed by atoms with Gasteiger partial charge in [-0.15, -0.1) is 11.3 Å². The largest absolute Gasteiger partial charge is 0.393 e. The highest BCUT2D eigenvalue weighted by molar-refractivity contribution is 7.14.